The molecular weight excluding hydrogens is 204 g/mol. The molecule has 2 N–H and O–H groups in total. The zero-order valence-electron chi connectivity index (χ0n) is 8.27. The molecule has 0 bridgehead atoms. The molecule has 0 aliphatic heterocycles. The van der Waals surface area contributed by atoms with Crippen molar-refractivity contribution >= 4 is 11.9 Å². The molecule has 0 heterocycles. The van der Waals surface area contributed by atoms with E-state index in [1.54, 1.807) is 0 Å². The van der Waals surface area contributed by atoms with Gasteiger partial charge in [-0.2, -0.15) is 10.5 Å². The second-order valence-corrected chi connectivity index (χ2v) is 3.75. The number of carbonyl (C=O) groups is 2. The fraction of sp³-hybridized carbons (Fsp3) is 0.778. The Morgan fingerprint density at radius 2 is 1.27 bits per heavy atom. The fourth-order valence-electron chi connectivity index (χ4n) is 2.00. The first-order valence-electron chi connectivity index (χ1n) is 4.89. The minimum Gasteiger partial charge on any atom is -0.300 e. The van der Waals surface area contributed by atoms with E-state index in [0.717, 1.165) is 12.8 Å². The number of carbonyl (C=O) groups excluding carboxylic acids is 2. The number of hydrogen-bond donors (Lipinski definition) is 2. The van der Waals surface area contributed by atoms with Crippen molar-refractivity contribution in [2.75, 3.05) is 0 Å². The highest BCUT2D eigenvalue weighted by Gasteiger charge is 2.49. The third-order valence-electron chi connectivity index (χ3n) is 2.90. The Morgan fingerprint density at radius 3 is 1.60 bits per heavy atom. The summed E-state index contributed by atoms with van der Waals surface area (Å²) in [5.74, 6) is -2.10. The van der Waals surface area contributed by atoms with Crippen LogP contribution >= 0.6 is 0 Å². The molecular formula is C9H14O6. The minimum absolute atomic E-state index is 0.228. The van der Waals surface area contributed by atoms with Gasteiger partial charge in [0.15, 0.2) is 5.41 Å². The Kier molecular flexibility index (Phi) is 4.05. The van der Waals surface area contributed by atoms with Crippen molar-refractivity contribution in [3.05, 3.63) is 0 Å². The van der Waals surface area contributed by atoms with E-state index in [-0.39, 0.29) is 12.8 Å². The maximum Gasteiger partial charge on any atom is 0.359 e. The van der Waals surface area contributed by atoms with Gasteiger partial charge in [-0.15, -0.1) is 0 Å². The first-order valence-corrected chi connectivity index (χ1v) is 4.89. The van der Waals surface area contributed by atoms with Gasteiger partial charge >= 0.3 is 11.9 Å². The summed E-state index contributed by atoms with van der Waals surface area (Å²) in [6.45, 7) is 0. The van der Waals surface area contributed by atoms with Gasteiger partial charge in [-0.1, -0.05) is 25.7 Å². The van der Waals surface area contributed by atoms with Crippen molar-refractivity contribution in [3.8, 4) is 0 Å². The second kappa shape index (κ2) is 5.09. The summed E-state index contributed by atoms with van der Waals surface area (Å²) >= 11 is 0. The lowest BCUT2D eigenvalue weighted by Crippen LogP contribution is -2.41. The Morgan fingerprint density at radius 1 is 0.867 bits per heavy atom. The number of hydrogen-bond acceptors (Lipinski definition) is 6. The molecule has 0 amide bonds. The van der Waals surface area contributed by atoms with E-state index in [9.17, 15) is 9.59 Å². The van der Waals surface area contributed by atoms with Crippen molar-refractivity contribution in [1.29, 1.82) is 0 Å². The van der Waals surface area contributed by atoms with Crippen LogP contribution in [0.2, 0.25) is 0 Å². The van der Waals surface area contributed by atoms with E-state index in [2.05, 4.69) is 9.78 Å². The third-order valence-corrected chi connectivity index (χ3v) is 2.90. The Hall–Kier alpha value is -1.14. The summed E-state index contributed by atoms with van der Waals surface area (Å²) in [5, 5.41) is 16.7. The van der Waals surface area contributed by atoms with Crippen LogP contribution in [-0.2, 0) is 19.4 Å². The molecule has 0 aromatic carbocycles. The van der Waals surface area contributed by atoms with Gasteiger partial charge in [-0.05, 0) is 12.8 Å². The highest BCUT2D eigenvalue weighted by molar-refractivity contribution is 5.99. The lowest BCUT2D eigenvalue weighted by Gasteiger charge is -2.23. The van der Waals surface area contributed by atoms with Crippen molar-refractivity contribution < 1.29 is 29.9 Å². The zero-order valence-corrected chi connectivity index (χ0v) is 8.27. The highest BCUT2D eigenvalue weighted by atomic mass is 17.1. The Bertz CT molecular complexity index is 223. The van der Waals surface area contributed by atoms with Gasteiger partial charge in [0.2, 0.25) is 0 Å². The van der Waals surface area contributed by atoms with Crippen LogP contribution in [0.15, 0.2) is 0 Å². The van der Waals surface area contributed by atoms with E-state index >= 15 is 0 Å². The predicted octanol–water partition coefficient (Wildman–Crippen LogP) is 1.36. The van der Waals surface area contributed by atoms with Gasteiger partial charge in [0.25, 0.3) is 0 Å². The molecule has 0 unspecified atom stereocenters. The lowest BCUT2D eigenvalue weighted by molar-refractivity contribution is -0.265. The molecule has 0 aromatic rings. The summed E-state index contributed by atoms with van der Waals surface area (Å²) in [4.78, 5) is 30.0. The van der Waals surface area contributed by atoms with Crippen LogP contribution in [0.3, 0.4) is 0 Å². The van der Waals surface area contributed by atoms with Gasteiger partial charge in [0, 0.05) is 0 Å². The normalized spacial score (nSPS) is 20.1. The summed E-state index contributed by atoms with van der Waals surface area (Å²) in [5.41, 5.74) is -1.54. The van der Waals surface area contributed by atoms with Crippen LogP contribution in [0.4, 0.5) is 0 Å². The summed E-state index contributed by atoms with van der Waals surface area (Å²) in [6.07, 6.45) is 3.57. The molecule has 0 radical (unpaired) electrons. The van der Waals surface area contributed by atoms with Crippen molar-refractivity contribution in [2.24, 2.45) is 5.41 Å². The molecule has 1 aliphatic rings. The van der Waals surface area contributed by atoms with Crippen LogP contribution in [0.5, 0.6) is 0 Å². The third kappa shape index (κ3) is 2.27. The van der Waals surface area contributed by atoms with Gasteiger partial charge in [-0.25, -0.2) is 9.59 Å². The van der Waals surface area contributed by atoms with Crippen LogP contribution in [0.25, 0.3) is 0 Å². The minimum atomic E-state index is -1.54. The van der Waals surface area contributed by atoms with Crippen molar-refractivity contribution in [3.63, 3.8) is 0 Å². The van der Waals surface area contributed by atoms with E-state index in [0.29, 0.717) is 12.8 Å². The summed E-state index contributed by atoms with van der Waals surface area (Å²) < 4.78 is 0. The smallest absolute Gasteiger partial charge is 0.300 e. The van der Waals surface area contributed by atoms with Gasteiger partial charge in [0.1, 0.15) is 0 Å². The zero-order chi connectivity index (χ0) is 11.3. The van der Waals surface area contributed by atoms with Gasteiger partial charge < -0.3 is 0 Å². The topological polar surface area (TPSA) is 93.1 Å². The molecule has 1 fully saturated rings. The molecule has 0 spiro atoms. The maximum atomic E-state index is 11.4. The predicted molar refractivity (Wildman–Crippen MR) is 47.6 cm³/mol. The highest BCUT2D eigenvalue weighted by Crippen LogP contribution is 2.37. The SMILES string of the molecule is O=C(OO)C1(C(=O)OO)CCCCCC1. The molecule has 1 saturated carbocycles. The monoisotopic (exact) mass is 218 g/mol. The molecule has 6 heteroatoms. The van der Waals surface area contributed by atoms with E-state index in [1.807, 2.05) is 0 Å². The number of rotatable bonds is 2. The molecule has 0 aromatic heterocycles. The van der Waals surface area contributed by atoms with Crippen molar-refractivity contribution in [2.45, 2.75) is 38.5 Å². The lowest BCUT2D eigenvalue weighted by atomic mass is 9.80. The molecule has 15 heavy (non-hydrogen) atoms. The molecule has 0 saturated heterocycles. The average molecular weight is 218 g/mol. The van der Waals surface area contributed by atoms with E-state index in [4.69, 9.17) is 10.5 Å². The van der Waals surface area contributed by atoms with Gasteiger partial charge in [-0.3, -0.25) is 9.78 Å². The molecule has 1 rings (SSSR count). The maximum absolute atomic E-state index is 11.4. The van der Waals surface area contributed by atoms with Crippen molar-refractivity contribution in [1.82, 2.24) is 0 Å². The van der Waals surface area contributed by atoms with E-state index in [1.165, 1.54) is 0 Å². The molecule has 0 atom stereocenters. The largest absolute Gasteiger partial charge is 0.359 e. The van der Waals surface area contributed by atoms with Gasteiger partial charge in [0.05, 0.1) is 0 Å². The first kappa shape index (κ1) is 11.9. The molecule has 86 valence electrons. The average Bonchev–Trinajstić information content (AvgIpc) is 2.53. The first-order chi connectivity index (χ1) is 7.17. The van der Waals surface area contributed by atoms with E-state index < -0.39 is 17.4 Å². The quantitative estimate of drug-likeness (QED) is 0.314. The van der Waals surface area contributed by atoms with Crippen LogP contribution in [0, 0.1) is 5.41 Å². The fourth-order valence-corrected chi connectivity index (χ4v) is 2.00. The Balaban J connectivity index is 2.92. The Labute approximate surface area is 86.7 Å². The summed E-state index contributed by atoms with van der Waals surface area (Å²) in [6, 6.07) is 0. The van der Waals surface area contributed by atoms with Crippen LogP contribution < -0.4 is 0 Å². The standard InChI is InChI=1S/C9H14O6/c10-7(14-12)9(8(11)15-13)5-3-1-2-4-6-9/h12-13H,1-6H2. The molecule has 6 nitrogen and oxygen atoms in total. The van der Waals surface area contributed by atoms with Crippen LogP contribution in [-0.4, -0.2) is 22.5 Å². The second-order valence-electron chi connectivity index (χ2n) is 3.75. The van der Waals surface area contributed by atoms with Crippen LogP contribution in [0.1, 0.15) is 38.5 Å². The summed E-state index contributed by atoms with van der Waals surface area (Å²) in [7, 11) is 0. The molecule has 1 aliphatic carbocycles.